The van der Waals surface area contributed by atoms with Crippen LogP contribution in [0.25, 0.3) is 0 Å². The van der Waals surface area contributed by atoms with Crippen LogP contribution in [0, 0.1) is 5.92 Å². The van der Waals surface area contributed by atoms with Crippen molar-refractivity contribution in [2.75, 3.05) is 6.54 Å². The van der Waals surface area contributed by atoms with Gasteiger partial charge in [-0.2, -0.15) is 5.10 Å². The van der Waals surface area contributed by atoms with E-state index in [-0.39, 0.29) is 0 Å². The average molecular weight is 194 g/mol. The second-order valence-electron chi connectivity index (χ2n) is 4.06. The predicted molar refractivity (Wildman–Crippen MR) is 54.7 cm³/mol. The van der Waals surface area contributed by atoms with Crippen molar-refractivity contribution < 1.29 is 0 Å². The van der Waals surface area contributed by atoms with Crippen molar-refractivity contribution in [3.8, 4) is 0 Å². The fourth-order valence-electron chi connectivity index (χ4n) is 2.48. The second kappa shape index (κ2) is 4.55. The molecule has 0 saturated heterocycles. The lowest BCUT2D eigenvalue weighted by molar-refractivity contribution is 0.213. The van der Waals surface area contributed by atoms with E-state index in [0.717, 1.165) is 13.0 Å². The average Bonchev–Trinajstić information content (AvgIpc) is 2.72. The third-order valence-corrected chi connectivity index (χ3v) is 3.18. The summed E-state index contributed by atoms with van der Waals surface area (Å²) in [7, 11) is 0. The van der Waals surface area contributed by atoms with Gasteiger partial charge in [-0.05, 0) is 31.7 Å². The number of aromatic nitrogens is 3. The first-order valence-corrected chi connectivity index (χ1v) is 5.46. The minimum atomic E-state index is 0.537. The molecule has 78 valence electrons. The van der Waals surface area contributed by atoms with E-state index in [1.165, 1.54) is 25.7 Å². The molecule has 0 spiro atoms. The molecule has 2 rings (SSSR count). The number of nitrogens with zero attached hydrogens (tertiary/aromatic N) is 3. The van der Waals surface area contributed by atoms with Gasteiger partial charge in [0.2, 0.25) is 0 Å². The largest absolute Gasteiger partial charge is 0.330 e. The van der Waals surface area contributed by atoms with Gasteiger partial charge in [0.15, 0.2) is 0 Å². The Kier molecular flexibility index (Phi) is 3.14. The SMILES string of the molecule is NCCC1CCCCC1n1cncn1. The summed E-state index contributed by atoms with van der Waals surface area (Å²) < 4.78 is 2.01. The molecule has 2 N–H and O–H groups in total. The van der Waals surface area contributed by atoms with Gasteiger partial charge in [0.1, 0.15) is 12.7 Å². The summed E-state index contributed by atoms with van der Waals surface area (Å²) >= 11 is 0. The molecular weight excluding hydrogens is 176 g/mol. The zero-order valence-corrected chi connectivity index (χ0v) is 8.47. The first-order valence-electron chi connectivity index (χ1n) is 5.46. The maximum Gasteiger partial charge on any atom is 0.137 e. The van der Waals surface area contributed by atoms with E-state index in [1.807, 2.05) is 11.0 Å². The molecule has 4 heteroatoms. The highest BCUT2D eigenvalue weighted by Crippen LogP contribution is 2.34. The van der Waals surface area contributed by atoms with Gasteiger partial charge in [-0.25, -0.2) is 9.67 Å². The van der Waals surface area contributed by atoms with Crippen LogP contribution in [0.4, 0.5) is 0 Å². The minimum absolute atomic E-state index is 0.537. The summed E-state index contributed by atoms with van der Waals surface area (Å²) in [6.45, 7) is 0.788. The molecule has 0 bridgehead atoms. The van der Waals surface area contributed by atoms with E-state index in [9.17, 15) is 0 Å². The molecule has 0 aliphatic heterocycles. The lowest BCUT2D eigenvalue weighted by atomic mass is 9.82. The highest BCUT2D eigenvalue weighted by atomic mass is 15.3. The zero-order valence-electron chi connectivity index (χ0n) is 8.47. The van der Waals surface area contributed by atoms with Crippen molar-refractivity contribution in [1.29, 1.82) is 0 Å². The van der Waals surface area contributed by atoms with Crippen molar-refractivity contribution in [1.82, 2.24) is 14.8 Å². The van der Waals surface area contributed by atoms with Crippen molar-refractivity contribution in [3.63, 3.8) is 0 Å². The predicted octanol–water partition coefficient (Wildman–Crippen LogP) is 1.36. The van der Waals surface area contributed by atoms with Gasteiger partial charge in [-0.3, -0.25) is 0 Å². The monoisotopic (exact) mass is 194 g/mol. The van der Waals surface area contributed by atoms with Crippen molar-refractivity contribution in [2.24, 2.45) is 11.7 Å². The molecule has 0 amide bonds. The summed E-state index contributed by atoms with van der Waals surface area (Å²) in [5.41, 5.74) is 5.63. The first-order chi connectivity index (χ1) is 6.92. The second-order valence-corrected chi connectivity index (χ2v) is 4.06. The number of hydrogen-bond donors (Lipinski definition) is 1. The Labute approximate surface area is 84.5 Å². The first kappa shape index (κ1) is 9.65. The highest BCUT2D eigenvalue weighted by Gasteiger charge is 2.26. The number of hydrogen-bond acceptors (Lipinski definition) is 3. The third kappa shape index (κ3) is 1.95. The van der Waals surface area contributed by atoms with Gasteiger partial charge >= 0.3 is 0 Å². The molecule has 2 unspecified atom stereocenters. The molecule has 1 saturated carbocycles. The molecule has 1 aromatic heterocycles. The van der Waals surface area contributed by atoms with Crippen molar-refractivity contribution in [2.45, 2.75) is 38.1 Å². The highest BCUT2D eigenvalue weighted by molar-refractivity contribution is 4.80. The van der Waals surface area contributed by atoms with Gasteiger partial charge in [-0.15, -0.1) is 0 Å². The normalized spacial score (nSPS) is 27.8. The van der Waals surface area contributed by atoms with Crippen LogP contribution in [0.1, 0.15) is 38.1 Å². The molecule has 1 fully saturated rings. The molecular formula is C10H18N4. The maximum absolute atomic E-state index is 5.63. The quantitative estimate of drug-likeness (QED) is 0.790. The lowest BCUT2D eigenvalue weighted by Gasteiger charge is -2.31. The Hall–Kier alpha value is -0.900. The van der Waals surface area contributed by atoms with Gasteiger partial charge in [0.25, 0.3) is 0 Å². The smallest absolute Gasteiger partial charge is 0.137 e. The van der Waals surface area contributed by atoms with Crippen LogP contribution >= 0.6 is 0 Å². The summed E-state index contributed by atoms with van der Waals surface area (Å²) in [6.07, 6.45) is 9.75. The third-order valence-electron chi connectivity index (χ3n) is 3.18. The molecule has 1 heterocycles. The Bertz CT molecular complexity index is 255. The lowest BCUT2D eigenvalue weighted by Crippen LogP contribution is -2.25. The van der Waals surface area contributed by atoms with E-state index in [4.69, 9.17) is 5.73 Å². The molecule has 0 radical (unpaired) electrons. The van der Waals surface area contributed by atoms with Crippen LogP contribution in [0.15, 0.2) is 12.7 Å². The number of nitrogens with two attached hydrogens (primary N) is 1. The van der Waals surface area contributed by atoms with Crippen molar-refractivity contribution >= 4 is 0 Å². The van der Waals surface area contributed by atoms with Crippen LogP contribution < -0.4 is 5.73 Å². The molecule has 1 aliphatic carbocycles. The Morgan fingerprint density at radius 3 is 2.93 bits per heavy atom. The fourth-order valence-corrected chi connectivity index (χ4v) is 2.48. The van der Waals surface area contributed by atoms with Crippen LogP contribution in [0.5, 0.6) is 0 Å². The minimum Gasteiger partial charge on any atom is -0.330 e. The topological polar surface area (TPSA) is 56.7 Å². The van der Waals surface area contributed by atoms with Gasteiger partial charge in [0.05, 0.1) is 6.04 Å². The Balaban J connectivity index is 2.06. The standard InChI is InChI=1S/C10H18N4/c11-6-5-9-3-1-2-4-10(9)14-8-12-7-13-14/h7-10H,1-6,11H2. The van der Waals surface area contributed by atoms with Gasteiger partial charge < -0.3 is 5.73 Å². The van der Waals surface area contributed by atoms with E-state index >= 15 is 0 Å². The molecule has 1 aromatic rings. The van der Waals surface area contributed by atoms with Crippen LogP contribution in [-0.2, 0) is 0 Å². The zero-order chi connectivity index (χ0) is 9.80. The van der Waals surface area contributed by atoms with E-state index in [0.29, 0.717) is 12.0 Å². The summed E-state index contributed by atoms with van der Waals surface area (Å²) in [5, 5.41) is 4.24. The van der Waals surface area contributed by atoms with E-state index in [2.05, 4.69) is 10.1 Å². The summed E-state index contributed by atoms with van der Waals surface area (Å²) in [6, 6.07) is 0.537. The maximum atomic E-state index is 5.63. The Morgan fingerprint density at radius 1 is 1.36 bits per heavy atom. The molecule has 4 nitrogen and oxygen atoms in total. The Morgan fingerprint density at radius 2 is 2.21 bits per heavy atom. The van der Waals surface area contributed by atoms with Crippen LogP contribution in [-0.4, -0.2) is 21.3 Å². The molecule has 2 atom stereocenters. The fraction of sp³-hybridized carbons (Fsp3) is 0.800. The summed E-state index contributed by atoms with van der Waals surface area (Å²) in [5.74, 6) is 0.704. The van der Waals surface area contributed by atoms with E-state index < -0.39 is 0 Å². The van der Waals surface area contributed by atoms with Gasteiger partial charge in [0, 0.05) is 0 Å². The molecule has 0 aromatic carbocycles. The molecule has 1 aliphatic rings. The number of rotatable bonds is 3. The van der Waals surface area contributed by atoms with Gasteiger partial charge in [-0.1, -0.05) is 12.8 Å². The van der Waals surface area contributed by atoms with E-state index in [1.54, 1.807) is 6.33 Å². The molecule has 14 heavy (non-hydrogen) atoms. The summed E-state index contributed by atoms with van der Waals surface area (Å²) in [4.78, 5) is 4.01. The van der Waals surface area contributed by atoms with Crippen LogP contribution in [0.3, 0.4) is 0 Å². The van der Waals surface area contributed by atoms with Crippen LogP contribution in [0.2, 0.25) is 0 Å². The van der Waals surface area contributed by atoms with Crippen molar-refractivity contribution in [3.05, 3.63) is 12.7 Å².